The van der Waals surface area contributed by atoms with Crippen molar-refractivity contribution < 1.29 is 18.3 Å². The number of nitrogens with zero attached hydrogens (tertiary/aromatic N) is 1. The summed E-state index contributed by atoms with van der Waals surface area (Å²) in [6.45, 7) is 0. The fraction of sp³-hybridized carbons (Fsp3) is 0.250. The van der Waals surface area contributed by atoms with E-state index in [1.165, 1.54) is 7.11 Å². The summed E-state index contributed by atoms with van der Waals surface area (Å²) >= 11 is 5.19. The molecule has 0 aliphatic rings. The lowest BCUT2D eigenvalue weighted by Gasteiger charge is -2.10. The summed E-state index contributed by atoms with van der Waals surface area (Å²) in [5, 5.41) is -0.987. The van der Waals surface area contributed by atoms with E-state index in [9.17, 15) is 13.6 Å². The van der Waals surface area contributed by atoms with Crippen molar-refractivity contribution in [2.75, 3.05) is 12.8 Å². The predicted molar refractivity (Wildman–Crippen MR) is 50.3 cm³/mol. The van der Waals surface area contributed by atoms with Crippen LogP contribution in [0.1, 0.15) is 22.3 Å². The molecule has 0 aliphatic heterocycles. The Bertz CT molecular complexity index is 398. The molecule has 0 aliphatic carbocycles. The average Bonchev–Trinajstić information content (AvgIpc) is 2.15. The number of pyridine rings is 1. The van der Waals surface area contributed by atoms with Gasteiger partial charge in [-0.1, -0.05) is 0 Å². The first-order valence-corrected chi connectivity index (χ1v) is 4.17. The second kappa shape index (κ2) is 4.39. The zero-order valence-electron chi connectivity index (χ0n) is 7.63. The molecule has 1 rings (SSSR count). The molecule has 0 unspecified atom stereocenters. The summed E-state index contributed by atoms with van der Waals surface area (Å²) in [6.07, 6.45) is -1.97. The van der Waals surface area contributed by atoms with Gasteiger partial charge in [0.05, 0.1) is 18.4 Å². The van der Waals surface area contributed by atoms with Crippen LogP contribution in [0.3, 0.4) is 0 Å². The summed E-state index contributed by atoms with van der Waals surface area (Å²) in [5.74, 6) is -0.170. The highest BCUT2D eigenvalue weighted by Gasteiger charge is 2.22. The molecular formula is C8H7ClF2N2O2. The predicted octanol–water partition coefficient (Wildman–Crippen LogP) is 1.99. The minimum atomic E-state index is -2.82. The van der Waals surface area contributed by atoms with Crippen molar-refractivity contribution in [2.45, 2.75) is 6.43 Å². The molecule has 0 saturated carbocycles. The van der Waals surface area contributed by atoms with E-state index in [0.29, 0.717) is 0 Å². The van der Waals surface area contributed by atoms with Gasteiger partial charge in [-0.05, 0) is 11.6 Å². The number of nitrogen functional groups attached to an aromatic ring is 1. The zero-order valence-corrected chi connectivity index (χ0v) is 8.39. The van der Waals surface area contributed by atoms with Gasteiger partial charge in [0.2, 0.25) is 5.88 Å². The molecule has 1 heterocycles. The Morgan fingerprint density at radius 1 is 1.67 bits per heavy atom. The Morgan fingerprint density at radius 2 is 2.27 bits per heavy atom. The molecule has 0 amide bonds. The van der Waals surface area contributed by atoms with Crippen LogP contribution in [0.25, 0.3) is 0 Å². The van der Waals surface area contributed by atoms with Crippen LogP contribution in [0.4, 0.5) is 14.5 Å². The Balaban J connectivity index is 3.42. The maximum Gasteiger partial charge on any atom is 0.267 e. The number of carbonyl (C=O) groups is 1. The highest BCUT2D eigenvalue weighted by molar-refractivity contribution is 6.68. The van der Waals surface area contributed by atoms with Crippen LogP contribution >= 0.6 is 11.6 Å². The molecule has 0 spiro atoms. The number of aromatic nitrogens is 1. The van der Waals surface area contributed by atoms with Crippen LogP contribution in [0.2, 0.25) is 0 Å². The Labute approximate surface area is 89.0 Å². The van der Waals surface area contributed by atoms with Crippen molar-refractivity contribution in [2.24, 2.45) is 0 Å². The molecule has 0 radical (unpaired) electrons. The van der Waals surface area contributed by atoms with E-state index >= 15 is 0 Å². The first kappa shape index (κ1) is 11.6. The number of hydrogen-bond acceptors (Lipinski definition) is 4. The lowest BCUT2D eigenvalue weighted by molar-refractivity contribution is 0.107. The lowest BCUT2D eigenvalue weighted by atomic mass is 10.1. The third kappa shape index (κ3) is 2.15. The molecule has 0 saturated heterocycles. The van der Waals surface area contributed by atoms with Gasteiger partial charge in [-0.2, -0.15) is 0 Å². The SMILES string of the molecule is COc1ncc(C(F)F)c(N)c1C(=O)Cl. The van der Waals surface area contributed by atoms with Crippen LogP contribution in [0.15, 0.2) is 6.20 Å². The number of halogens is 3. The van der Waals surface area contributed by atoms with Crippen LogP contribution in [0, 0.1) is 0 Å². The van der Waals surface area contributed by atoms with E-state index in [-0.39, 0.29) is 11.4 Å². The number of rotatable bonds is 3. The number of methoxy groups -OCH3 is 1. The lowest BCUT2D eigenvalue weighted by Crippen LogP contribution is -2.07. The monoisotopic (exact) mass is 236 g/mol. The molecule has 1 aromatic rings. The molecule has 82 valence electrons. The standard InChI is InChI=1S/C8H7ClF2N2O2/c1-15-8-4(6(9)14)5(12)3(2-13-8)7(10)11/h2,7H,1H3,(H2,12,13). The minimum Gasteiger partial charge on any atom is -0.480 e. The Morgan fingerprint density at radius 3 is 2.67 bits per heavy atom. The first-order chi connectivity index (χ1) is 6.99. The number of nitrogens with two attached hydrogens (primary N) is 1. The maximum atomic E-state index is 12.4. The summed E-state index contributed by atoms with van der Waals surface area (Å²) < 4.78 is 29.5. The third-order valence-electron chi connectivity index (χ3n) is 1.74. The molecule has 15 heavy (non-hydrogen) atoms. The van der Waals surface area contributed by atoms with E-state index in [1.54, 1.807) is 0 Å². The van der Waals surface area contributed by atoms with Crippen LogP contribution in [-0.2, 0) is 0 Å². The fourth-order valence-corrected chi connectivity index (χ4v) is 1.22. The van der Waals surface area contributed by atoms with Crippen molar-refractivity contribution in [3.05, 3.63) is 17.3 Å². The quantitative estimate of drug-likeness (QED) is 0.815. The Hall–Kier alpha value is -1.43. The van der Waals surface area contributed by atoms with Crippen LogP contribution < -0.4 is 10.5 Å². The average molecular weight is 237 g/mol. The second-order valence-corrected chi connectivity index (χ2v) is 2.93. The van der Waals surface area contributed by atoms with Crippen molar-refractivity contribution in [1.29, 1.82) is 0 Å². The molecule has 2 N–H and O–H groups in total. The van der Waals surface area contributed by atoms with Gasteiger partial charge in [-0.15, -0.1) is 0 Å². The number of hydrogen-bond donors (Lipinski definition) is 1. The van der Waals surface area contributed by atoms with E-state index in [1.807, 2.05) is 0 Å². The van der Waals surface area contributed by atoms with Gasteiger partial charge >= 0.3 is 0 Å². The molecule has 4 nitrogen and oxygen atoms in total. The molecule has 0 fully saturated rings. The molecule has 0 aromatic carbocycles. The van der Waals surface area contributed by atoms with Gasteiger partial charge in [-0.3, -0.25) is 4.79 Å². The van der Waals surface area contributed by atoms with Gasteiger partial charge in [0.25, 0.3) is 11.7 Å². The molecular weight excluding hydrogens is 230 g/mol. The van der Waals surface area contributed by atoms with Gasteiger partial charge in [-0.25, -0.2) is 13.8 Å². The van der Waals surface area contributed by atoms with Crippen molar-refractivity contribution in [3.8, 4) is 5.88 Å². The minimum absolute atomic E-state index is 0.170. The van der Waals surface area contributed by atoms with Crippen molar-refractivity contribution in [1.82, 2.24) is 4.98 Å². The number of carbonyl (C=O) groups excluding carboxylic acids is 1. The summed E-state index contributed by atoms with van der Waals surface area (Å²) in [6, 6.07) is 0. The Kier molecular flexibility index (Phi) is 3.41. The van der Waals surface area contributed by atoms with Gasteiger partial charge < -0.3 is 10.5 Å². The van der Waals surface area contributed by atoms with Gasteiger partial charge in [0, 0.05) is 6.20 Å². The normalized spacial score (nSPS) is 10.5. The van der Waals surface area contributed by atoms with Crippen molar-refractivity contribution in [3.63, 3.8) is 0 Å². The van der Waals surface area contributed by atoms with Crippen LogP contribution in [-0.4, -0.2) is 17.3 Å². The van der Waals surface area contributed by atoms with E-state index in [2.05, 4.69) is 9.72 Å². The van der Waals surface area contributed by atoms with Gasteiger partial charge in [0.15, 0.2) is 0 Å². The molecule has 1 aromatic heterocycles. The summed E-state index contributed by atoms with van der Waals surface area (Å²) in [7, 11) is 1.23. The van der Waals surface area contributed by atoms with Crippen molar-refractivity contribution >= 4 is 22.5 Å². The van der Waals surface area contributed by atoms with Gasteiger partial charge in [0.1, 0.15) is 5.56 Å². The number of alkyl halides is 2. The van der Waals surface area contributed by atoms with E-state index < -0.39 is 22.9 Å². The van der Waals surface area contributed by atoms with E-state index in [0.717, 1.165) is 6.20 Å². The zero-order chi connectivity index (χ0) is 11.6. The number of ether oxygens (including phenoxy) is 1. The first-order valence-electron chi connectivity index (χ1n) is 3.79. The highest BCUT2D eigenvalue weighted by Crippen LogP contribution is 2.32. The summed E-state index contributed by atoms with van der Waals surface area (Å²) in [4.78, 5) is 14.5. The highest BCUT2D eigenvalue weighted by atomic mass is 35.5. The van der Waals surface area contributed by atoms with Crippen LogP contribution in [0.5, 0.6) is 5.88 Å². The molecule has 0 bridgehead atoms. The maximum absolute atomic E-state index is 12.4. The fourth-order valence-electron chi connectivity index (χ4n) is 1.04. The second-order valence-electron chi connectivity index (χ2n) is 2.59. The van der Waals surface area contributed by atoms with E-state index in [4.69, 9.17) is 17.3 Å². The smallest absolute Gasteiger partial charge is 0.267 e. The molecule has 7 heteroatoms. The summed E-state index contributed by atoms with van der Waals surface area (Å²) in [5.41, 5.74) is 4.07. The molecule has 0 atom stereocenters. The third-order valence-corrected chi connectivity index (χ3v) is 1.93. The number of anilines is 1. The largest absolute Gasteiger partial charge is 0.480 e. The topological polar surface area (TPSA) is 65.2 Å².